The maximum Gasteiger partial charge on any atom is 0.0963 e. The monoisotopic (exact) mass is 285 g/mol. The highest BCUT2D eigenvalue weighted by atomic mass is 79.9. The molecule has 0 amide bonds. The highest BCUT2D eigenvalue weighted by molar-refractivity contribution is 9.09. The Bertz CT molecular complexity index is 410. The molecule has 15 heavy (non-hydrogen) atoms. The van der Waals surface area contributed by atoms with E-state index >= 15 is 0 Å². The van der Waals surface area contributed by atoms with Crippen LogP contribution < -0.4 is 0 Å². The van der Waals surface area contributed by atoms with E-state index in [0.717, 1.165) is 18.7 Å². The molecule has 80 valence electrons. The fraction of sp³-hybridized carbons (Fsp3) is 0.400. The van der Waals surface area contributed by atoms with Gasteiger partial charge >= 0.3 is 0 Å². The Kier molecular flexibility index (Phi) is 3.53. The second kappa shape index (κ2) is 4.90. The van der Waals surface area contributed by atoms with E-state index in [2.05, 4.69) is 50.0 Å². The third-order valence-corrected chi connectivity index (χ3v) is 4.01. The normalized spacial score (nSPS) is 12.9. The Balaban J connectivity index is 2.07. The van der Waals surface area contributed by atoms with Gasteiger partial charge in [0.2, 0.25) is 0 Å². The van der Waals surface area contributed by atoms with Crippen molar-refractivity contribution in [3.63, 3.8) is 0 Å². The predicted molar refractivity (Wildman–Crippen MR) is 65.4 cm³/mol. The van der Waals surface area contributed by atoms with E-state index in [1.54, 1.807) is 11.3 Å². The van der Waals surface area contributed by atoms with Crippen LogP contribution in [0.15, 0.2) is 23.0 Å². The highest BCUT2D eigenvalue weighted by Crippen LogP contribution is 2.23. The minimum absolute atomic E-state index is 0.314. The molecular weight excluding hydrogens is 274 g/mol. The van der Waals surface area contributed by atoms with Gasteiger partial charge in [0.1, 0.15) is 0 Å². The van der Waals surface area contributed by atoms with Crippen molar-refractivity contribution in [2.45, 2.75) is 24.7 Å². The summed E-state index contributed by atoms with van der Waals surface area (Å²) in [5.41, 5.74) is 2.28. The first-order valence-electron chi connectivity index (χ1n) is 4.84. The molecule has 1 atom stereocenters. The zero-order valence-electron chi connectivity index (χ0n) is 8.43. The van der Waals surface area contributed by atoms with Crippen molar-refractivity contribution in [3.05, 3.63) is 34.3 Å². The topological polar surface area (TPSA) is 30.7 Å². The van der Waals surface area contributed by atoms with Crippen LogP contribution in [-0.2, 0) is 6.54 Å². The summed E-state index contributed by atoms with van der Waals surface area (Å²) in [5.74, 6) is 0. The molecule has 0 aromatic carbocycles. The van der Waals surface area contributed by atoms with E-state index in [0.29, 0.717) is 4.83 Å². The first kappa shape index (κ1) is 10.8. The molecule has 0 aliphatic heterocycles. The quantitative estimate of drug-likeness (QED) is 0.808. The van der Waals surface area contributed by atoms with Crippen LogP contribution in [0.4, 0.5) is 0 Å². The van der Waals surface area contributed by atoms with Crippen LogP contribution in [0.3, 0.4) is 0 Å². The fourth-order valence-electron chi connectivity index (χ4n) is 1.31. The molecule has 2 rings (SSSR count). The standard InChI is InChI=1S/C10H12BrN3S/c1-2-9(11)10-6-14(13-12-10)5-8-3-4-15-7-8/h3-4,6-7,9H,2,5H2,1H3. The van der Waals surface area contributed by atoms with Crippen LogP contribution in [-0.4, -0.2) is 15.0 Å². The van der Waals surface area contributed by atoms with Gasteiger partial charge in [0.25, 0.3) is 0 Å². The maximum absolute atomic E-state index is 4.14. The molecule has 0 N–H and O–H groups in total. The van der Waals surface area contributed by atoms with Crippen molar-refractivity contribution >= 4 is 27.3 Å². The van der Waals surface area contributed by atoms with Crippen LogP contribution >= 0.6 is 27.3 Å². The molecule has 0 saturated carbocycles. The molecule has 1 unspecified atom stereocenters. The van der Waals surface area contributed by atoms with Gasteiger partial charge in [-0.05, 0) is 28.8 Å². The SMILES string of the molecule is CCC(Br)c1cn(Cc2ccsc2)nn1. The predicted octanol–water partition coefficient (Wildman–Crippen LogP) is 3.23. The van der Waals surface area contributed by atoms with E-state index < -0.39 is 0 Å². The second-order valence-electron chi connectivity index (χ2n) is 3.35. The Morgan fingerprint density at radius 2 is 2.47 bits per heavy atom. The first-order chi connectivity index (χ1) is 7.29. The lowest BCUT2D eigenvalue weighted by molar-refractivity contribution is 0.650. The minimum Gasteiger partial charge on any atom is -0.248 e. The lowest BCUT2D eigenvalue weighted by Gasteiger charge is -1.99. The summed E-state index contributed by atoms with van der Waals surface area (Å²) in [7, 11) is 0. The molecule has 0 spiro atoms. The molecule has 3 nitrogen and oxygen atoms in total. The maximum atomic E-state index is 4.14. The number of alkyl halides is 1. The summed E-state index contributed by atoms with van der Waals surface area (Å²) in [5, 5.41) is 12.4. The Labute approximate surface area is 101 Å². The van der Waals surface area contributed by atoms with Crippen molar-refractivity contribution in [3.8, 4) is 0 Å². The molecule has 0 radical (unpaired) electrons. The van der Waals surface area contributed by atoms with E-state index in [4.69, 9.17) is 0 Å². The fourth-order valence-corrected chi connectivity index (χ4v) is 2.18. The molecule has 2 aromatic rings. The van der Waals surface area contributed by atoms with Crippen LogP contribution in [0.2, 0.25) is 0 Å². The summed E-state index contributed by atoms with van der Waals surface area (Å²) < 4.78 is 1.88. The van der Waals surface area contributed by atoms with Crippen LogP contribution in [0, 0.1) is 0 Å². The average Bonchev–Trinajstić information content (AvgIpc) is 2.88. The van der Waals surface area contributed by atoms with Gasteiger partial charge in [-0.3, -0.25) is 0 Å². The van der Waals surface area contributed by atoms with Crippen molar-refractivity contribution < 1.29 is 0 Å². The van der Waals surface area contributed by atoms with Gasteiger partial charge in [0.05, 0.1) is 17.1 Å². The number of hydrogen-bond donors (Lipinski definition) is 0. The van der Waals surface area contributed by atoms with E-state index in [1.165, 1.54) is 5.56 Å². The zero-order valence-corrected chi connectivity index (χ0v) is 10.8. The number of thiophene rings is 1. The lowest BCUT2D eigenvalue weighted by Crippen LogP contribution is -1.98. The minimum atomic E-state index is 0.314. The van der Waals surface area contributed by atoms with Crippen molar-refractivity contribution in [1.29, 1.82) is 0 Å². The highest BCUT2D eigenvalue weighted by Gasteiger charge is 2.09. The number of rotatable bonds is 4. The molecular formula is C10H12BrN3S. The number of aromatic nitrogens is 3. The summed E-state index contributed by atoms with van der Waals surface area (Å²) in [6, 6.07) is 2.11. The molecule has 5 heteroatoms. The Hall–Kier alpha value is -0.680. The summed E-state index contributed by atoms with van der Waals surface area (Å²) in [6.07, 6.45) is 3.03. The first-order valence-corrected chi connectivity index (χ1v) is 6.70. The van der Waals surface area contributed by atoms with Gasteiger partial charge in [-0.15, -0.1) is 5.10 Å². The molecule has 0 fully saturated rings. The van der Waals surface area contributed by atoms with E-state index in [1.807, 2.05) is 10.9 Å². The van der Waals surface area contributed by atoms with Crippen molar-refractivity contribution in [1.82, 2.24) is 15.0 Å². The zero-order chi connectivity index (χ0) is 10.7. The molecule has 0 bridgehead atoms. The Morgan fingerprint density at radius 1 is 1.60 bits per heavy atom. The van der Waals surface area contributed by atoms with Gasteiger partial charge in [0.15, 0.2) is 0 Å². The number of halogens is 1. The Morgan fingerprint density at radius 3 is 3.13 bits per heavy atom. The number of hydrogen-bond acceptors (Lipinski definition) is 3. The van der Waals surface area contributed by atoms with Gasteiger partial charge in [-0.1, -0.05) is 28.1 Å². The average molecular weight is 286 g/mol. The van der Waals surface area contributed by atoms with Crippen molar-refractivity contribution in [2.24, 2.45) is 0 Å². The molecule has 0 aliphatic carbocycles. The van der Waals surface area contributed by atoms with Gasteiger partial charge in [-0.25, -0.2) is 4.68 Å². The smallest absolute Gasteiger partial charge is 0.0963 e. The number of nitrogens with zero attached hydrogens (tertiary/aromatic N) is 3. The third-order valence-electron chi connectivity index (χ3n) is 2.16. The van der Waals surface area contributed by atoms with Gasteiger partial charge in [-0.2, -0.15) is 11.3 Å². The third kappa shape index (κ3) is 2.66. The van der Waals surface area contributed by atoms with E-state index in [-0.39, 0.29) is 0 Å². The van der Waals surface area contributed by atoms with Crippen LogP contribution in [0.5, 0.6) is 0 Å². The van der Waals surface area contributed by atoms with E-state index in [9.17, 15) is 0 Å². The summed E-state index contributed by atoms with van der Waals surface area (Å²) in [6.45, 7) is 2.93. The molecule has 2 aromatic heterocycles. The molecule has 0 aliphatic rings. The largest absolute Gasteiger partial charge is 0.248 e. The summed E-state index contributed by atoms with van der Waals surface area (Å²) in [4.78, 5) is 0.314. The second-order valence-corrected chi connectivity index (χ2v) is 5.23. The van der Waals surface area contributed by atoms with Crippen LogP contribution in [0.25, 0.3) is 0 Å². The van der Waals surface area contributed by atoms with Crippen molar-refractivity contribution in [2.75, 3.05) is 0 Å². The molecule has 2 heterocycles. The molecule has 0 saturated heterocycles. The summed E-state index contributed by atoms with van der Waals surface area (Å²) >= 11 is 5.27. The van der Waals surface area contributed by atoms with Crippen LogP contribution in [0.1, 0.15) is 29.4 Å². The lowest BCUT2D eigenvalue weighted by atomic mass is 10.3. The van der Waals surface area contributed by atoms with Gasteiger partial charge in [0, 0.05) is 6.20 Å². The van der Waals surface area contributed by atoms with Gasteiger partial charge < -0.3 is 0 Å².